The average Bonchev–Trinajstić information content (AvgIpc) is 3.23. The van der Waals surface area contributed by atoms with Gasteiger partial charge in [0.2, 0.25) is 0 Å². The Morgan fingerprint density at radius 3 is 2.77 bits per heavy atom. The molecule has 0 radical (unpaired) electrons. The largest absolute Gasteiger partial charge is 0.350 e. The molecule has 31 heavy (non-hydrogen) atoms. The van der Waals surface area contributed by atoms with E-state index in [9.17, 15) is 9.59 Å². The highest BCUT2D eigenvalue weighted by atomic mass is 35.5. The number of aromatic nitrogens is 2. The Hall–Kier alpha value is -2.48. The molecule has 3 aromatic rings. The number of fused-ring (bicyclic) bond motifs is 1. The summed E-state index contributed by atoms with van der Waals surface area (Å²) in [5, 5.41) is 4.17. The van der Waals surface area contributed by atoms with Crippen molar-refractivity contribution in [3.05, 3.63) is 73.7 Å². The van der Waals surface area contributed by atoms with Gasteiger partial charge in [0.1, 0.15) is 0 Å². The number of halogens is 1. The lowest BCUT2D eigenvalue weighted by atomic mass is 10.1. The zero-order valence-electron chi connectivity index (χ0n) is 17.4. The van der Waals surface area contributed by atoms with Gasteiger partial charge < -0.3 is 10.3 Å². The molecule has 1 aliphatic heterocycles. The molecule has 2 aromatic carbocycles. The zero-order valence-corrected chi connectivity index (χ0v) is 18.9. The molecule has 0 spiro atoms. The summed E-state index contributed by atoms with van der Waals surface area (Å²) in [6.07, 6.45) is 2.27. The van der Waals surface area contributed by atoms with Crippen LogP contribution in [0.4, 0.5) is 0 Å². The highest BCUT2D eigenvalue weighted by molar-refractivity contribution is 7.71. The molecule has 1 saturated heterocycles. The number of carbonyl (C=O) groups excluding carboxylic acids is 1. The van der Waals surface area contributed by atoms with Gasteiger partial charge in [-0.05, 0) is 74.0 Å². The van der Waals surface area contributed by atoms with E-state index in [0.717, 1.165) is 25.1 Å². The Balaban J connectivity index is 1.55. The van der Waals surface area contributed by atoms with Gasteiger partial charge in [0.15, 0.2) is 4.77 Å². The highest BCUT2D eigenvalue weighted by Crippen LogP contribution is 2.17. The molecule has 4 rings (SSSR count). The quantitative estimate of drug-likeness (QED) is 0.550. The van der Waals surface area contributed by atoms with Gasteiger partial charge in [-0.15, -0.1) is 0 Å². The van der Waals surface area contributed by atoms with E-state index in [1.807, 2.05) is 12.1 Å². The maximum absolute atomic E-state index is 13.0. The zero-order chi connectivity index (χ0) is 22.0. The van der Waals surface area contributed by atoms with Crippen LogP contribution in [0.25, 0.3) is 10.9 Å². The fraction of sp³-hybridized carbons (Fsp3) is 0.348. The molecule has 6 nitrogen and oxygen atoms in total. The normalized spacial score (nSPS) is 16.6. The Kier molecular flexibility index (Phi) is 6.55. The number of nitrogens with zero attached hydrogens (tertiary/aromatic N) is 2. The van der Waals surface area contributed by atoms with Crippen LogP contribution in [-0.2, 0) is 6.54 Å². The van der Waals surface area contributed by atoms with E-state index in [2.05, 4.69) is 22.1 Å². The Labute approximate surface area is 190 Å². The molecule has 1 aliphatic rings. The number of hydrogen-bond acceptors (Lipinski definition) is 4. The van der Waals surface area contributed by atoms with Crippen LogP contribution < -0.4 is 10.9 Å². The number of nitrogens with one attached hydrogen (secondary N) is 2. The van der Waals surface area contributed by atoms with E-state index in [1.54, 1.807) is 30.3 Å². The molecule has 2 heterocycles. The van der Waals surface area contributed by atoms with Crippen molar-refractivity contribution in [1.82, 2.24) is 19.8 Å². The van der Waals surface area contributed by atoms with Gasteiger partial charge in [-0.3, -0.25) is 19.1 Å². The SMILES string of the molecule is CCN1CCC[C@H]1CNC(=O)c1ccc2c(=O)n(Cc3ccc(Cl)cc3)c(=S)[nH]c2c1. The number of hydrogen-bond donors (Lipinski definition) is 2. The summed E-state index contributed by atoms with van der Waals surface area (Å²) in [5.74, 6) is -0.144. The smallest absolute Gasteiger partial charge is 0.262 e. The van der Waals surface area contributed by atoms with Crippen LogP contribution in [0.15, 0.2) is 47.3 Å². The third-order valence-electron chi connectivity index (χ3n) is 5.90. The van der Waals surface area contributed by atoms with Crippen molar-refractivity contribution in [3.8, 4) is 0 Å². The first-order chi connectivity index (χ1) is 15.0. The minimum Gasteiger partial charge on any atom is -0.350 e. The number of aromatic amines is 1. The van der Waals surface area contributed by atoms with E-state index in [1.165, 1.54) is 11.0 Å². The average molecular weight is 457 g/mol. The predicted molar refractivity (Wildman–Crippen MR) is 127 cm³/mol. The number of likely N-dealkylation sites (tertiary alicyclic amines) is 1. The highest BCUT2D eigenvalue weighted by Gasteiger charge is 2.23. The van der Waals surface area contributed by atoms with Crippen molar-refractivity contribution in [2.24, 2.45) is 0 Å². The van der Waals surface area contributed by atoms with E-state index in [-0.39, 0.29) is 11.5 Å². The minimum atomic E-state index is -0.190. The first kappa shape index (κ1) is 21.7. The van der Waals surface area contributed by atoms with Crippen LogP contribution in [0.2, 0.25) is 5.02 Å². The first-order valence-corrected chi connectivity index (χ1v) is 11.3. The minimum absolute atomic E-state index is 0.144. The van der Waals surface area contributed by atoms with E-state index < -0.39 is 0 Å². The number of amides is 1. The summed E-state index contributed by atoms with van der Waals surface area (Å²) in [6, 6.07) is 12.8. The molecular weight excluding hydrogens is 432 g/mol. The van der Waals surface area contributed by atoms with Crippen LogP contribution in [0, 0.1) is 4.77 Å². The molecule has 0 bridgehead atoms. The Morgan fingerprint density at radius 2 is 2.03 bits per heavy atom. The second kappa shape index (κ2) is 9.34. The summed E-state index contributed by atoms with van der Waals surface area (Å²) in [6.45, 7) is 5.20. The van der Waals surface area contributed by atoms with E-state index in [4.69, 9.17) is 23.8 Å². The maximum atomic E-state index is 13.0. The molecule has 1 aromatic heterocycles. The van der Waals surface area contributed by atoms with Crippen molar-refractivity contribution >= 4 is 40.6 Å². The van der Waals surface area contributed by atoms with Crippen molar-refractivity contribution in [2.45, 2.75) is 32.4 Å². The molecular formula is C23H25ClN4O2S. The fourth-order valence-corrected chi connectivity index (χ4v) is 4.55. The monoisotopic (exact) mass is 456 g/mol. The molecule has 1 fully saturated rings. The molecule has 1 atom stereocenters. The number of rotatable bonds is 6. The van der Waals surface area contributed by atoms with Crippen molar-refractivity contribution < 1.29 is 4.79 Å². The Morgan fingerprint density at radius 1 is 1.26 bits per heavy atom. The lowest BCUT2D eigenvalue weighted by Crippen LogP contribution is -2.40. The van der Waals surface area contributed by atoms with Gasteiger partial charge in [0.25, 0.3) is 11.5 Å². The van der Waals surface area contributed by atoms with Crippen molar-refractivity contribution in [3.63, 3.8) is 0 Å². The van der Waals surface area contributed by atoms with Gasteiger partial charge in [-0.2, -0.15) is 0 Å². The number of H-pyrrole nitrogens is 1. The topological polar surface area (TPSA) is 70.1 Å². The van der Waals surface area contributed by atoms with Crippen LogP contribution >= 0.6 is 23.8 Å². The van der Waals surface area contributed by atoms with E-state index in [0.29, 0.717) is 45.4 Å². The first-order valence-electron chi connectivity index (χ1n) is 10.5. The van der Waals surface area contributed by atoms with Crippen molar-refractivity contribution in [2.75, 3.05) is 19.6 Å². The van der Waals surface area contributed by atoms with Crippen LogP contribution in [0.1, 0.15) is 35.7 Å². The summed E-state index contributed by atoms with van der Waals surface area (Å²) in [7, 11) is 0. The number of benzene rings is 2. The summed E-state index contributed by atoms with van der Waals surface area (Å²) < 4.78 is 1.83. The molecule has 162 valence electrons. The standard InChI is InChI=1S/C23H25ClN4O2S/c1-2-27-11-3-4-18(27)13-25-21(29)16-7-10-19-20(12-16)26-23(31)28(22(19)30)14-15-5-8-17(24)9-6-15/h5-10,12,18H,2-4,11,13-14H2,1H3,(H,25,29)(H,26,31)/t18-/m0/s1. The second-order valence-electron chi connectivity index (χ2n) is 7.84. The number of likely N-dealkylation sites (N-methyl/N-ethyl adjacent to an activating group) is 1. The molecule has 1 amide bonds. The molecule has 0 unspecified atom stereocenters. The maximum Gasteiger partial charge on any atom is 0.262 e. The second-order valence-corrected chi connectivity index (χ2v) is 8.67. The van der Waals surface area contributed by atoms with Crippen LogP contribution in [-0.4, -0.2) is 46.0 Å². The summed E-state index contributed by atoms with van der Waals surface area (Å²) >= 11 is 11.4. The number of carbonyl (C=O) groups is 1. The van der Waals surface area contributed by atoms with Crippen LogP contribution in [0.3, 0.4) is 0 Å². The molecule has 0 aliphatic carbocycles. The van der Waals surface area contributed by atoms with Gasteiger partial charge in [-0.25, -0.2) is 0 Å². The lowest BCUT2D eigenvalue weighted by Gasteiger charge is -2.22. The van der Waals surface area contributed by atoms with Gasteiger partial charge >= 0.3 is 0 Å². The van der Waals surface area contributed by atoms with Gasteiger partial charge in [0, 0.05) is 23.2 Å². The third-order valence-corrected chi connectivity index (χ3v) is 6.48. The van der Waals surface area contributed by atoms with Crippen molar-refractivity contribution in [1.29, 1.82) is 0 Å². The molecule has 0 saturated carbocycles. The Bertz CT molecular complexity index is 1220. The molecule has 8 heteroatoms. The summed E-state index contributed by atoms with van der Waals surface area (Å²) in [4.78, 5) is 31.2. The fourth-order valence-electron chi connectivity index (χ4n) is 4.17. The predicted octanol–water partition coefficient (Wildman–Crippen LogP) is 3.97. The van der Waals surface area contributed by atoms with Gasteiger partial charge in [0.05, 0.1) is 17.4 Å². The lowest BCUT2D eigenvalue weighted by molar-refractivity contribution is 0.0941. The van der Waals surface area contributed by atoms with Crippen LogP contribution in [0.5, 0.6) is 0 Å². The van der Waals surface area contributed by atoms with E-state index >= 15 is 0 Å². The molecule has 2 N–H and O–H groups in total. The summed E-state index contributed by atoms with van der Waals surface area (Å²) in [5.41, 5.74) is 1.81. The third kappa shape index (κ3) is 4.74. The van der Waals surface area contributed by atoms with Gasteiger partial charge in [-0.1, -0.05) is 30.7 Å².